The summed E-state index contributed by atoms with van der Waals surface area (Å²) in [6, 6.07) is 0. The first-order valence-electron chi connectivity index (χ1n) is 7.94. The molecule has 0 bridgehead atoms. The van der Waals surface area contributed by atoms with Crippen LogP contribution < -0.4 is 11.3 Å². The third kappa shape index (κ3) is 3.80. The largest absolute Gasteiger partial charge is 0.394 e. The van der Waals surface area contributed by atoms with Crippen molar-refractivity contribution >= 4 is 5.91 Å². The summed E-state index contributed by atoms with van der Waals surface area (Å²) in [5.41, 5.74) is -0.884. The number of carbonyl (C=O) groups excluding carboxylic acids is 1. The normalized spacial score (nSPS) is 48.3. The molecule has 14 heteroatoms. The SMILES string of the molecule is NNC(=O)[C@]1(CO)O[C@@H](O[C@H]2[C@H](O)[C@@H](O)[C@@H](O)O[C@@H]2CO)[C@H](O)[C@@H](O)[C@H]1O. The van der Waals surface area contributed by atoms with Gasteiger partial charge in [0.1, 0.15) is 42.7 Å². The van der Waals surface area contributed by atoms with Gasteiger partial charge in [-0.2, -0.15) is 0 Å². The Balaban J connectivity index is 2.29. The van der Waals surface area contributed by atoms with Crippen molar-refractivity contribution in [3.05, 3.63) is 0 Å². The molecule has 10 atom stereocenters. The summed E-state index contributed by atoms with van der Waals surface area (Å²) in [5.74, 6) is 3.75. The molecule has 11 N–H and O–H groups in total. The highest BCUT2D eigenvalue weighted by molar-refractivity contribution is 5.86. The molecule has 0 saturated carbocycles. The molecule has 14 nitrogen and oxygen atoms in total. The third-order valence-electron chi connectivity index (χ3n) is 4.64. The fourth-order valence-electron chi connectivity index (χ4n) is 2.98. The lowest BCUT2D eigenvalue weighted by atomic mass is 9.86. The van der Waals surface area contributed by atoms with Crippen molar-refractivity contribution in [3.8, 4) is 0 Å². The van der Waals surface area contributed by atoms with Gasteiger partial charge < -0.3 is 55.1 Å². The molecule has 158 valence electrons. The van der Waals surface area contributed by atoms with E-state index in [1.165, 1.54) is 0 Å². The highest BCUT2D eigenvalue weighted by Gasteiger charge is 2.59. The van der Waals surface area contributed by atoms with Gasteiger partial charge in [0.2, 0.25) is 5.60 Å². The zero-order chi connectivity index (χ0) is 20.5. The van der Waals surface area contributed by atoms with Crippen molar-refractivity contribution in [1.29, 1.82) is 0 Å². The summed E-state index contributed by atoms with van der Waals surface area (Å²) in [6.45, 7) is -1.96. The second kappa shape index (κ2) is 8.56. The second-order valence-electron chi connectivity index (χ2n) is 6.26. The van der Waals surface area contributed by atoms with Crippen molar-refractivity contribution < 1.29 is 59.9 Å². The molecule has 1 amide bonds. The summed E-state index contributed by atoms with van der Waals surface area (Å²) >= 11 is 0. The fraction of sp³-hybridized carbons (Fsp3) is 0.923. The van der Waals surface area contributed by atoms with Crippen LogP contribution in [-0.2, 0) is 19.0 Å². The quantitative estimate of drug-likeness (QED) is 0.117. The lowest BCUT2D eigenvalue weighted by Gasteiger charge is -2.48. The Labute approximate surface area is 152 Å². The molecule has 0 aromatic rings. The molecule has 0 aliphatic carbocycles. The Morgan fingerprint density at radius 3 is 2.19 bits per heavy atom. The van der Waals surface area contributed by atoms with Crippen LogP contribution in [0.25, 0.3) is 0 Å². The van der Waals surface area contributed by atoms with Gasteiger partial charge in [-0.3, -0.25) is 10.2 Å². The Morgan fingerprint density at radius 1 is 1.04 bits per heavy atom. The first-order valence-corrected chi connectivity index (χ1v) is 7.94. The van der Waals surface area contributed by atoms with E-state index >= 15 is 0 Å². The maximum Gasteiger partial charge on any atom is 0.271 e. The summed E-state index contributed by atoms with van der Waals surface area (Å²) in [4.78, 5) is 12.0. The monoisotopic (exact) mass is 400 g/mol. The molecule has 0 aromatic carbocycles. The third-order valence-corrected chi connectivity index (χ3v) is 4.64. The van der Waals surface area contributed by atoms with Crippen LogP contribution in [0.4, 0.5) is 0 Å². The molecule has 2 saturated heterocycles. The van der Waals surface area contributed by atoms with E-state index < -0.39 is 80.0 Å². The minimum atomic E-state index is -2.52. The van der Waals surface area contributed by atoms with Gasteiger partial charge in [0.05, 0.1) is 13.2 Å². The number of amides is 1. The Morgan fingerprint density at radius 2 is 1.67 bits per heavy atom. The maximum atomic E-state index is 12.0. The summed E-state index contributed by atoms with van der Waals surface area (Å²) in [6.07, 6.45) is -16.5. The van der Waals surface area contributed by atoms with Crippen molar-refractivity contribution in [3.63, 3.8) is 0 Å². The van der Waals surface area contributed by atoms with Gasteiger partial charge in [0.25, 0.3) is 5.91 Å². The van der Waals surface area contributed by atoms with Gasteiger partial charge in [0, 0.05) is 0 Å². The number of nitrogens with two attached hydrogens (primary N) is 1. The lowest BCUT2D eigenvalue weighted by molar-refractivity contribution is -0.368. The van der Waals surface area contributed by atoms with Crippen molar-refractivity contribution in [1.82, 2.24) is 5.43 Å². The molecule has 2 aliphatic heterocycles. The van der Waals surface area contributed by atoms with Gasteiger partial charge in [-0.25, -0.2) is 5.84 Å². The average molecular weight is 400 g/mol. The molecule has 0 aromatic heterocycles. The van der Waals surface area contributed by atoms with E-state index in [-0.39, 0.29) is 0 Å². The van der Waals surface area contributed by atoms with Crippen molar-refractivity contribution in [2.45, 2.75) is 60.9 Å². The highest BCUT2D eigenvalue weighted by atomic mass is 16.7. The average Bonchev–Trinajstić information content (AvgIpc) is 2.67. The molecule has 27 heavy (non-hydrogen) atoms. The Bertz CT molecular complexity index is 524. The zero-order valence-electron chi connectivity index (χ0n) is 13.9. The topological polar surface area (TPSA) is 245 Å². The molecule has 2 aliphatic rings. The minimum Gasteiger partial charge on any atom is -0.394 e. The van der Waals surface area contributed by atoms with Crippen LogP contribution in [0.5, 0.6) is 0 Å². The lowest BCUT2D eigenvalue weighted by Crippen LogP contribution is -2.72. The minimum absolute atomic E-state index is 0.784. The van der Waals surface area contributed by atoms with Gasteiger partial charge in [-0.15, -0.1) is 0 Å². The Hall–Kier alpha value is -1.01. The van der Waals surface area contributed by atoms with E-state index in [0.717, 1.165) is 0 Å². The second-order valence-corrected chi connectivity index (χ2v) is 6.26. The van der Waals surface area contributed by atoms with Gasteiger partial charge in [0.15, 0.2) is 12.6 Å². The molecule has 0 unspecified atom stereocenters. The predicted molar refractivity (Wildman–Crippen MR) is 79.9 cm³/mol. The molecule has 2 heterocycles. The van der Waals surface area contributed by atoms with Crippen LogP contribution in [0, 0.1) is 0 Å². The summed E-state index contributed by atoms with van der Waals surface area (Å²) < 4.78 is 15.3. The standard InChI is InChI=1S/C13H24N2O12/c14-15-12(24)13(2-17)9(22)5(19)7(21)11(27-13)26-8-3(1-16)25-10(23)6(20)4(8)18/h3-11,16-23H,1-2,14H2,(H,15,24)/t3-,4-,5-,6-,7-,8-,9-,10+,11-,13-/m1/s1. The van der Waals surface area contributed by atoms with E-state index in [4.69, 9.17) is 20.1 Å². The number of hydrazine groups is 1. The summed E-state index contributed by atoms with van der Waals surface area (Å²) in [5, 5.41) is 78.2. The van der Waals surface area contributed by atoms with Crippen molar-refractivity contribution in [2.75, 3.05) is 13.2 Å². The zero-order valence-corrected chi connectivity index (χ0v) is 13.9. The maximum absolute atomic E-state index is 12.0. The van der Waals surface area contributed by atoms with Gasteiger partial charge in [-0.1, -0.05) is 0 Å². The Kier molecular flexibility index (Phi) is 7.06. The van der Waals surface area contributed by atoms with Gasteiger partial charge in [-0.05, 0) is 0 Å². The number of aliphatic hydroxyl groups excluding tert-OH is 8. The highest BCUT2D eigenvalue weighted by Crippen LogP contribution is 2.33. The number of hydrogen-bond acceptors (Lipinski definition) is 13. The van der Waals surface area contributed by atoms with Crippen LogP contribution >= 0.6 is 0 Å². The first-order chi connectivity index (χ1) is 12.6. The number of rotatable bonds is 5. The van der Waals surface area contributed by atoms with E-state index in [1.807, 2.05) is 0 Å². The molecular weight excluding hydrogens is 376 g/mol. The van der Waals surface area contributed by atoms with Crippen LogP contribution in [0.2, 0.25) is 0 Å². The molecular formula is C13H24N2O12. The molecule has 2 fully saturated rings. The number of aliphatic hydroxyl groups is 8. The number of hydrogen-bond donors (Lipinski definition) is 10. The molecule has 0 spiro atoms. The first kappa shape index (κ1) is 22.3. The van der Waals surface area contributed by atoms with E-state index in [0.29, 0.717) is 0 Å². The van der Waals surface area contributed by atoms with E-state index in [9.17, 15) is 45.6 Å². The molecule has 2 rings (SSSR count). The molecule has 0 radical (unpaired) electrons. The fourth-order valence-corrected chi connectivity index (χ4v) is 2.98. The number of carbonyl (C=O) groups is 1. The van der Waals surface area contributed by atoms with Crippen LogP contribution in [0.1, 0.15) is 0 Å². The van der Waals surface area contributed by atoms with Crippen LogP contribution in [-0.4, -0.2) is 121 Å². The smallest absolute Gasteiger partial charge is 0.271 e. The predicted octanol–water partition coefficient (Wildman–Crippen LogP) is -7.04. The van der Waals surface area contributed by atoms with E-state index in [1.54, 1.807) is 5.43 Å². The van der Waals surface area contributed by atoms with Crippen molar-refractivity contribution in [2.24, 2.45) is 5.84 Å². The number of nitrogens with one attached hydrogen (secondary N) is 1. The summed E-state index contributed by atoms with van der Waals surface area (Å²) in [7, 11) is 0. The number of ether oxygens (including phenoxy) is 3. The van der Waals surface area contributed by atoms with Crippen LogP contribution in [0.15, 0.2) is 0 Å². The van der Waals surface area contributed by atoms with Gasteiger partial charge >= 0.3 is 0 Å². The van der Waals surface area contributed by atoms with Crippen LogP contribution in [0.3, 0.4) is 0 Å². The van der Waals surface area contributed by atoms with E-state index in [2.05, 4.69) is 0 Å².